The molecular formula is C34H36FN5O2. The zero-order valence-electron chi connectivity index (χ0n) is 24.0. The number of ketones is 1. The fourth-order valence-corrected chi connectivity index (χ4v) is 8.13. The predicted molar refractivity (Wildman–Crippen MR) is 163 cm³/mol. The molecule has 2 atom stereocenters. The predicted octanol–water partition coefficient (Wildman–Crippen LogP) is 5.74. The van der Waals surface area contributed by atoms with Crippen LogP contribution in [0.4, 0.5) is 10.2 Å². The van der Waals surface area contributed by atoms with Crippen molar-refractivity contribution in [2.24, 2.45) is 0 Å². The lowest BCUT2D eigenvalue weighted by Gasteiger charge is -2.34. The topological polar surface area (TPSA) is 70.6 Å². The first-order valence-electron chi connectivity index (χ1n) is 15.4. The van der Waals surface area contributed by atoms with Crippen LogP contribution < -0.4 is 15.0 Å². The van der Waals surface area contributed by atoms with Crippen LogP contribution in [-0.2, 0) is 0 Å². The molecular weight excluding hydrogens is 529 g/mol. The molecule has 42 heavy (non-hydrogen) atoms. The van der Waals surface area contributed by atoms with E-state index in [0.717, 1.165) is 68.5 Å². The summed E-state index contributed by atoms with van der Waals surface area (Å²) in [6.45, 7) is 5.96. The van der Waals surface area contributed by atoms with Crippen molar-refractivity contribution in [3.05, 3.63) is 59.9 Å². The fraction of sp³-hybridized carbons (Fsp3) is 0.441. The van der Waals surface area contributed by atoms with Crippen LogP contribution >= 0.6 is 0 Å². The van der Waals surface area contributed by atoms with Gasteiger partial charge in [-0.1, -0.05) is 42.5 Å². The van der Waals surface area contributed by atoms with Crippen molar-refractivity contribution in [1.29, 1.82) is 0 Å². The molecule has 0 saturated carbocycles. The highest BCUT2D eigenvalue weighted by Crippen LogP contribution is 2.41. The molecule has 0 unspecified atom stereocenters. The van der Waals surface area contributed by atoms with Crippen LogP contribution in [0.2, 0.25) is 0 Å². The van der Waals surface area contributed by atoms with Crippen LogP contribution in [0.3, 0.4) is 0 Å². The third-order valence-electron chi connectivity index (χ3n) is 10.1. The smallest absolute Gasteiger partial charge is 0.319 e. The number of fused-ring (bicyclic) bond motifs is 5. The van der Waals surface area contributed by atoms with Crippen LogP contribution in [0, 0.1) is 5.82 Å². The highest BCUT2D eigenvalue weighted by Gasteiger charge is 2.45. The highest BCUT2D eigenvalue weighted by atomic mass is 19.1. The average Bonchev–Trinajstić information content (AvgIpc) is 3.69. The van der Waals surface area contributed by atoms with E-state index in [4.69, 9.17) is 14.7 Å². The van der Waals surface area contributed by atoms with Crippen molar-refractivity contribution in [3.8, 4) is 17.1 Å². The number of hydrogen-bond donors (Lipinski definition) is 1. The lowest BCUT2D eigenvalue weighted by atomic mass is 9.92. The minimum atomic E-state index is -0.411. The van der Waals surface area contributed by atoms with Crippen molar-refractivity contribution < 1.29 is 13.9 Å². The maximum atomic E-state index is 16.8. The molecule has 8 heteroatoms. The summed E-state index contributed by atoms with van der Waals surface area (Å²) in [5, 5.41) is 6.05. The SMILES string of the molecule is CC(=O)c1cccc2cccc(-c3ccc4c(N5C[C@H]6CC[C@@H](C5)N6)nc(OCC56CCCN5CCC6)nc4c3F)c12. The van der Waals surface area contributed by atoms with E-state index in [9.17, 15) is 4.79 Å². The number of nitrogens with one attached hydrogen (secondary N) is 1. The maximum Gasteiger partial charge on any atom is 0.319 e. The lowest BCUT2D eigenvalue weighted by molar-refractivity contribution is 0.101. The summed E-state index contributed by atoms with van der Waals surface area (Å²) in [6, 6.07) is 16.2. The molecule has 1 N–H and O–H groups in total. The number of halogens is 1. The molecule has 4 saturated heterocycles. The largest absolute Gasteiger partial charge is 0.461 e. The quantitative estimate of drug-likeness (QED) is 0.299. The van der Waals surface area contributed by atoms with Crippen LogP contribution in [0.5, 0.6) is 6.01 Å². The molecule has 2 bridgehead atoms. The van der Waals surface area contributed by atoms with Crippen LogP contribution in [0.25, 0.3) is 32.8 Å². The van der Waals surface area contributed by atoms with Gasteiger partial charge in [-0.15, -0.1) is 0 Å². The lowest BCUT2D eigenvalue weighted by Crippen LogP contribution is -2.51. The van der Waals surface area contributed by atoms with Gasteiger partial charge in [0.05, 0.1) is 5.54 Å². The zero-order valence-corrected chi connectivity index (χ0v) is 24.0. The Bertz CT molecular complexity index is 1700. The summed E-state index contributed by atoms with van der Waals surface area (Å²) in [5.74, 6) is 0.287. The molecule has 4 aliphatic rings. The van der Waals surface area contributed by atoms with Crippen molar-refractivity contribution >= 4 is 33.3 Å². The second-order valence-corrected chi connectivity index (χ2v) is 12.7. The fourth-order valence-electron chi connectivity index (χ4n) is 8.13. The van der Waals surface area contributed by atoms with Crippen molar-refractivity contribution in [2.75, 3.05) is 37.7 Å². The van der Waals surface area contributed by atoms with E-state index >= 15 is 4.39 Å². The second kappa shape index (κ2) is 9.99. The monoisotopic (exact) mass is 565 g/mol. The minimum Gasteiger partial charge on any atom is -0.461 e. The third kappa shape index (κ3) is 4.18. The standard InChI is InChI=1S/C34H36FN5O2/c1-21(41)25-8-2-6-22-7-3-9-26(29(22)25)27-12-13-28-31(30(27)35)37-33(42-20-34-14-4-16-40(34)17-5-15-34)38-32(28)39-18-23-10-11-24(19-39)36-23/h2-3,6-9,12-13,23-24,36H,4-5,10-11,14-20H2,1H3/t23-,24+. The summed E-state index contributed by atoms with van der Waals surface area (Å²) < 4.78 is 23.2. The minimum absolute atomic E-state index is 0.0407. The number of ether oxygens (including phenoxy) is 1. The number of rotatable bonds is 6. The summed E-state index contributed by atoms with van der Waals surface area (Å²) in [7, 11) is 0. The second-order valence-electron chi connectivity index (χ2n) is 12.7. The molecule has 3 aromatic carbocycles. The molecule has 216 valence electrons. The van der Waals surface area contributed by atoms with Crippen LogP contribution in [0.15, 0.2) is 48.5 Å². The van der Waals surface area contributed by atoms with Gasteiger partial charge < -0.3 is 15.0 Å². The third-order valence-corrected chi connectivity index (χ3v) is 10.1. The van der Waals surface area contributed by atoms with Gasteiger partial charge in [0, 0.05) is 47.1 Å². The van der Waals surface area contributed by atoms with E-state index in [-0.39, 0.29) is 22.8 Å². The zero-order chi connectivity index (χ0) is 28.4. The summed E-state index contributed by atoms with van der Waals surface area (Å²) in [4.78, 5) is 27.1. The summed E-state index contributed by atoms with van der Waals surface area (Å²) in [6.07, 6.45) is 6.89. The van der Waals surface area contributed by atoms with Gasteiger partial charge >= 0.3 is 6.01 Å². The molecule has 0 spiro atoms. The first-order chi connectivity index (χ1) is 20.5. The Balaban J connectivity index is 1.27. The molecule has 7 nitrogen and oxygen atoms in total. The Hall–Kier alpha value is -3.62. The average molecular weight is 566 g/mol. The Morgan fingerprint density at radius 1 is 1.00 bits per heavy atom. The molecule has 0 radical (unpaired) electrons. The first-order valence-corrected chi connectivity index (χ1v) is 15.4. The summed E-state index contributed by atoms with van der Waals surface area (Å²) >= 11 is 0. The van der Waals surface area contributed by atoms with Gasteiger partial charge in [0.15, 0.2) is 11.6 Å². The van der Waals surface area contributed by atoms with E-state index in [1.54, 1.807) is 6.92 Å². The highest BCUT2D eigenvalue weighted by molar-refractivity contribution is 6.13. The number of carbonyl (C=O) groups is 1. The molecule has 4 fully saturated rings. The Morgan fingerprint density at radius 3 is 2.48 bits per heavy atom. The Labute approximate surface area is 245 Å². The maximum absolute atomic E-state index is 16.8. The Morgan fingerprint density at radius 2 is 1.74 bits per heavy atom. The van der Waals surface area contributed by atoms with Gasteiger partial charge in [-0.05, 0) is 75.6 Å². The first kappa shape index (κ1) is 26.0. The number of benzene rings is 3. The number of anilines is 1. The van der Waals surface area contributed by atoms with E-state index in [0.29, 0.717) is 40.8 Å². The van der Waals surface area contributed by atoms with Gasteiger partial charge in [0.1, 0.15) is 17.9 Å². The van der Waals surface area contributed by atoms with E-state index < -0.39 is 5.82 Å². The van der Waals surface area contributed by atoms with Gasteiger partial charge in [-0.25, -0.2) is 4.39 Å². The number of piperazine rings is 1. The van der Waals surface area contributed by atoms with Crippen molar-refractivity contribution in [3.63, 3.8) is 0 Å². The molecule has 4 aliphatic heterocycles. The van der Waals surface area contributed by atoms with Crippen LogP contribution in [-0.4, -0.2) is 71.1 Å². The molecule has 1 aromatic heterocycles. The number of hydrogen-bond acceptors (Lipinski definition) is 7. The number of carbonyl (C=O) groups excluding carboxylic acids is 1. The normalized spacial score (nSPS) is 23.1. The number of Topliss-reactive ketones (excluding diaryl/α,β-unsaturated/α-hetero) is 1. The molecule has 0 aliphatic carbocycles. The van der Waals surface area contributed by atoms with Crippen molar-refractivity contribution in [2.45, 2.75) is 63.1 Å². The number of nitrogens with zero attached hydrogens (tertiary/aromatic N) is 4. The van der Waals surface area contributed by atoms with Gasteiger partial charge in [0.25, 0.3) is 0 Å². The summed E-state index contributed by atoms with van der Waals surface area (Å²) in [5.41, 5.74) is 2.01. The van der Waals surface area contributed by atoms with Crippen LogP contribution in [0.1, 0.15) is 55.8 Å². The van der Waals surface area contributed by atoms with Gasteiger partial charge in [-0.3, -0.25) is 9.69 Å². The Kier molecular flexibility index (Phi) is 6.19. The molecule has 8 rings (SSSR count). The molecule has 5 heterocycles. The van der Waals surface area contributed by atoms with E-state index in [1.807, 2.05) is 48.5 Å². The van der Waals surface area contributed by atoms with Crippen molar-refractivity contribution in [1.82, 2.24) is 20.2 Å². The van der Waals surface area contributed by atoms with E-state index in [1.165, 1.54) is 12.8 Å². The molecule has 0 amide bonds. The van der Waals surface area contributed by atoms with Gasteiger partial charge in [0.2, 0.25) is 0 Å². The molecule has 4 aromatic rings. The van der Waals surface area contributed by atoms with E-state index in [2.05, 4.69) is 15.1 Å². The number of aromatic nitrogens is 2. The van der Waals surface area contributed by atoms with Gasteiger partial charge in [-0.2, -0.15) is 9.97 Å².